The monoisotopic (exact) mass is 258 g/mol. The number of hydrogen-bond donors (Lipinski definition) is 2. The topological polar surface area (TPSA) is 76.7 Å². The van der Waals surface area contributed by atoms with Gasteiger partial charge in [0.2, 0.25) is 0 Å². The van der Waals surface area contributed by atoms with Crippen LogP contribution < -0.4 is 4.65 Å². The first-order valence-electron chi connectivity index (χ1n) is 5.50. The molecule has 1 aromatic heterocycles. The molecule has 1 rings (SSSR count). The Morgan fingerprint density at radius 1 is 1.41 bits per heavy atom. The van der Waals surface area contributed by atoms with Gasteiger partial charge in [0.05, 0.1) is 12.4 Å². The Morgan fingerprint density at radius 2 is 2.12 bits per heavy atom. The standard InChI is InChI=1S/C9H19BN2O4Si/c1-17(2,3)5-4-15-8-12-7-9(6-11-12)16-10(13)14/h6-7,13-14H,4-5,8H2,1-3H3. The van der Waals surface area contributed by atoms with Crippen molar-refractivity contribution in [2.45, 2.75) is 32.4 Å². The predicted molar refractivity (Wildman–Crippen MR) is 67.2 cm³/mol. The van der Waals surface area contributed by atoms with Crippen LogP contribution in [0.5, 0.6) is 5.75 Å². The van der Waals surface area contributed by atoms with Gasteiger partial charge in [-0.3, -0.25) is 0 Å². The third kappa shape index (κ3) is 6.47. The van der Waals surface area contributed by atoms with Crippen molar-refractivity contribution < 1.29 is 19.4 Å². The van der Waals surface area contributed by atoms with Crippen molar-refractivity contribution in [2.24, 2.45) is 0 Å². The highest BCUT2D eigenvalue weighted by atomic mass is 28.3. The van der Waals surface area contributed by atoms with Gasteiger partial charge >= 0.3 is 7.32 Å². The molecular weight excluding hydrogens is 239 g/mol. The van der Waals surface area contributed by atoms with E-state index in [-0.39, 0.29) is 0 Å². The normalized spacial score (nSPS) is 11.6. The van der Waals surface area contributed by atoms with Crippen LogP contribution in [0, 0.1) is 0 Å². The van der Waals surface area contributed by atoms with Crippen LogP contribution >= 0.6 is 0 Å². The zero-order valence-electron chi connectivity index (χ0n) is 10.5. The Morgan fingerprint density at radius 3 is 2.71 bits per heavy atom. The molecule has 96 valence electrons. The zero-order valence-corrected chi connectivity index (χ0v) is 11.5. The Balaban J connectivity index is 2.25. The lowest BCUT2D eigenvalue weighted by Gasteiger charge is -2.15. The van der Waals surface area contributed by atoms with E-state index in [9.17, 15) is 0 Å². The molecule has 0 aliphatic rings. The second-order valence-corrected chi connectivity index (χ2v) is 10.6. The Kier molecular flexibility index (Phi) is 5.19. The SMILES string of the molecule is C[Si](C)(C)CCOCn1cc(OB(O)O)cn1. The summed E-state index contributed by atoms with van der Waals surface area (Å²) in [5.74, 6) is 0.300. The molecule has 0 aromatic carbocycles. The van der Waals surface area contributed by atoms with Gasteiger partial charge in [0.15, 0.2) is 0 Å². The molecule has 0 atom stereocenters. The number of aromatic nitrogens is 2. The Hall–Kier alpha value is -0.828. The third-order valence-electron chi connectivity index (χ3n) is 2.07. The van der Waals surface area contributed by atoms with Gasteiger partial charge in [-0.15, -0.1) is 0 Å². The van der Waals surface area contributed by atoms with Gasteiger partial charge in [0.25, 0.3) is 0 Å². The fourth-order valence-corrected chi connectivity index (χ4v) is 1.89. The molecule has 0 fully saturated rings. The highest BCUT2D eigenvalue weighted by Crippen LogP contribution is 2.10. The summed E-state index contributed by atoms with van der Waals surface area (Å²) in [6.45, 7) is 7.93. The molecular formula is C9H19BN2O4Si. The minimum absolute atomic E-state index is 0.300. The lowest BCUT2D eigenvalue weighted by Crippen LogP contribution is -2.22. The molecule has 8 heteroatoms. The van der Waals surface area contributed by atoms with E-state index >= 15 is 0 Å². The summed E-state index contributed by atoms with van der Waals surface area (Å²) < 4.78 is 11.6. The largest absolute Gasteiger partial charge is 0.707 e. The molecule has 0 saturated heterocycles. The van der Waals surface area contributed by atoms with Crippen LogP contribution in [0.25, 0.3) is 0 Å². The molecule has 6 nitrogen and oxygen atoms in total. The molecule has 2 N–H and O–H groups in total. The van der Waals surface area contributed by atoms with Crippen molar-refractivity contribution in [3.05, 3.63) is 12.4 Å². The molecule has 0 aliphatic carbocycles. The van der Waals surface area contributed by atoms with Crippen molar-refractivity contribution in [3.63, 3.8) is 0 Å². The lowest BCUT2D eigenvalue weighted by molar-refractivity contribution is 0.0784. The molecule has 0 aliphatic heterocycles. The number of nitrogens with zero attached hydrogens (tertiary/aromatic N) is 2. The summed E-state index contributed by atoms with van der Waals surface area (Å²) in [6, 6.07) is 1.10. The van der Waals surface area contributed by atoms with Gasteiger partial charge in [-0.25, -0.2) is 4.68 Å². The summed E-state index contributed by atoms with van der Waals surface area (Å²) in [4.78, 5) is 0. The highest BCUT2D eigenvalue weighted by molar-refractivity contribution is 6.76. The molecule has 0 bridgehead atoms. The molecule has 1 aromatic rings. The average molecular weight is 258 g/mol. The average Bonchev–Trinajstić information content (AvgIpc) is 2.58. The fraction of sp³-hybridized carbons (Fsp3) is 0.667. The summed E-state index contributed by atoms with van der Waals surface area (Å²) in [7, 11) is -2.88. The first-order valence-corrected chi connectivity index (χ1v) is 9.20. The van der Waals surface area contributed by atoms with Crippen molar-refractivity contribution >= 4 is 15.4 Å². The van der Waals surface area contributed by atoms with Crippen LogP contribution in [0.2, 0.25) is 25.7 Å². The molecule has 17 heavy (non-hydrogen) atoms. The van der Waals surface area contributed by atoms with Gasteiger partial charge in [-0.1, -0.05) is 19.6 Å². The van der Waals surface area contributed by atoms with E-state index in [1.54, 1.807) is 10.9 Å². The van der Waals surface area contributed by atoms with Gasteiger partial charge in [0.1, 0.15) is 12.5 Å². The molecule has 0 unspecified atom stereocenters. The molecule has 0 spiro atoms. The van der Waals surface area contributed by atoms with E-state index in [1.807, 2.05) is 0 Å². The first-order chi connectivity index (χ1) is 7.87. The van der Waals surface area contributed by atoms with E-state index in [4.69, 9.17) is 14.8 Å². The van der Waals surface area contributed by atoms with E-state index < -0.39 is 15.4 Å². The molecule has 0 amide bonds. The van der Waals surface area contributed by atoms with E-state index in [0.717, 1.165) is 6.04 Å². The molecule has 0 radical (unpaired) electrons. The maximum atomic E-state index is 8.59. The van der Waals surface area contributed by atoms with Crippen molar-refractivity contribution in [1.29, 1.82) is 0 Å². The number of ether oxygens (including phenoxy) is 1. The first kappa shape index (κ1) is 14.2. The van der Waals surface area contributed by atoms with Crippen LogP contribution in [0.3, 0.4) is 0 Å². The Labute approximate surface area is 102 Å². The summed E-state index contributed by atoms with van der Waals surface area (Å²) in [5, 5.41) is 21.1. The van der Waals surface area contributed by atoms with E-state index in [2.05, 4.69) is 29.4 Å². The van der Waals surface area contributed by atoms with E-state index in [1.165, 1.54) is 6.20 Å². The van der Waals surface area contributed by atoms with E-state index in [0.29, 0.717) is 19.1 Å². The van der Waals surface area contributed by atoms with Crippen LogP contribution in [-0.2, 0) is 11.5 Å². The molecule has 0 saturated carbocycles. The fourth-order valence-electron chi connectivity index (χ4n) is 1.13. The molecule has 1 heterocycles. The van der Waals surface area contributed by atoms with Gasteiger partial charge in [-0.2, -0.15) is 5.10 Å². The van der Waals surface area contributed by atoms with Crippen molar-refractivity contribution in [2.75, 3.05) is 6.61 Å². The summed E-state index contributed by atoms with van der Waals surface area (Å²) in [5.41, 5.74) is 0. The van der Waals surface area contributed by atoms with Gasteiger partial charge < -0.3 is 19.4 Å². The zero-order chi connectivity index (χ0) is 12.9. The second kappa shape index (κ2) is 6.20. The third-order valence-corrected chi connectivity index (χ3v) is 3.78. The lowest BCUT2D eigenvalue weighted by atomic mass is 10.3. The minimum atomic E-state index is -1.82. The van der Waals surface area contributed by atoms with Gasteiger partial charge in [-0.05, 0) is 6.04 Å². The summed E-state index contributed by atoms with van der Waals surface area (Å²) in [6.07, 6.45) is 2.95. The van der Waals surface area contributed by atoms with Crippen molar-refractivity contribution in [3.8, 4) is 5.75 Å². The van der Waals surface area contributed by atoms with Crippen molar-refractivity contribution in [1.82, 2.24) is 9.78 Å². The Bertz CT molecular complexity index is 340. The maximum Gasteiger partial charge on any atom is 0.707 e. The minimum Gasteiger partial charge on any atom is -0.509 e. The number of rotatable bonds is 7. The highest BCUT2D eigenvalue weighted by Gasteiger charge is 2.13. The predicted octanol–water partition coefficient (Wildman–Crippen LogP) is 0.544. The van der Waals surface area contributed by atoms with Crippen LogP contribution in [0.1, 0.15) is 0 Å². The van der Waals surface area contributed by atoms with Crippen LogP contribution in [-0.4, -0.2) is 41.8 Å². The maximum absolute atomic E-state index is 8.59. The summed E-state index contributed by atoms with van der Waals surface area (Å²) >= 11 is 0. The quantitative estimate of drug-likeness (QED) is 0.551. The van der Waals surface area contributed by atoms with Gasteiger partial charge in [0, 0.05) is 14.7 Å². The smallest absolute Gasteiger partial charge is 0.509 e. The van der Waals surface area contributed by atoms with Crippen LogP contribution in [0.4, 0.5) is 0 Å². The number of hydrogen-bond acceptors (Lipinski definition) is 5. The van der Waals surface area contributed by atoms with Crippen LogP contribution in [0.15, 0.2) is 12.4 Å². The second-order valence-electron chi connectivity index (χ2n) is 5.01.